The zero-order chi connectivity index (χ0) is 20.3. The molecule has 1 fully saturated rings. The van der Waals surface area contributed by atoms with Gasteiger partial charge in [-0.2, -0.15) is 0 Å². The highest BCUT2D eigenvalue weighted by Crippen LogP contribution is 2.27. The number of esters is 2. The van der Waals surface area contributed by atoms with Crippen LogP contribution in [0.3, 0.4) is 0 Å². The van der Waals surface area contributed by atoms with Crippen LogP contribution in [0.5, 0.6) is 0 Å². The van der Waals surface area contributed by atoms with E-state index < -0.39 is 17.9 Å². The molecule has 0 aromatic heterocycles. The number of carbonyl (C=O) groups is 2. The van der Waals surface area contributed by atoms with Crippen molar-refractivity contribution in [3.63, 3.8) is 0 Å². The topological polar surface area (TPSA) is 110 Å². The Morgan fingerprint density at radius 1 is 1.22 bits per heavy atom. The average Bonchev–Trinajstić information content (AvgIpc) is 3.04. The van der Waals surface area contributed by atoms with Crippen LogP contribution in [-0.4, -0.2) is 81.8 Å². The molecule has 0 spiro atoms. The van der Waals surface area contributed by atoms with E-state index >= 15 is 0 Å². The van der Waals surface area contributed by atoms with E-state index in [9.17, 15) is 9.59 Å². The van der Waals surface area contributed by atoms with Crippen LogP contribution in [-0.2, 0) is 38.0 Å². The summed E-state index contributed by atoms with van der Waals surface area (Å²) in [5.74, 6) is -1.59. The maximum absolute atomic E-state index is 12.0. The fourth-order valence-electron chi connectivity index (χ4n) is 2.63. The Hall–Kier alpha value is -1.26. The van der Waals surface area contributed by atoms with Gasteiger partial charge in [0, 0.05) is 20.0 Å². The first-order valence-corrected chi connectivity index (χ1v) is 9.11. The van der Waals surface area contributed by atoms with Gasteiger partial charge in [0.05, 0.1) is 39.5 Å². The first-order valence-electron chi connectivity index (χ1n) is 9.11. The molecule has 0 aromatic rings. The van der Waals surface area contributed by atoms with Crippen molar-refractivity contribution in [2.45, 2.75) is 63.6 Å². The van der Waals surface area contributed by atoms with E-state index in [0.717, 1.165) is 0 Å². The van der Waals surface area contributed by atoms with Gasteiger partial charge in [-0.15, -0.1) is 0 Å². The number of methoxy groups -OCH3 is 2. The van der Waals surface area contributed by atoms with Crippen LogP contribution in [0.15, 0.2) is 0 Å². The maximum atomic E-state index is 12.0. The van der Waals surface area contributed by atoms with Crippen molar-refractivity contribution in [3.05, 3.63) is 0 Å². The number of hydrogen-bond donors (Lipinski definition) is 1. The summed E-state index contributed by atoms with van der Waals surface area (Å²) < 4.78 is 31.8. The third kappa shape index (κ3) is 9.48. The molecule has 4 atom stereocenters. The van der Waals surface area contributed by atoms with Crippen molar-refractivity contribution in [1.29, 1.82) is 0 Å². The van der Waals surface area contributed by atoms with Gasteiger partial charge in [0.25, 0.3) is 0 Å². The fourth-order valence-corrected chi connectivity index (χ4v) is 2.63. The van der Waals surface area contributed by atoms with Gasteiger partial charge in [-0.3, -0.25) is 9.59 Å². The van der Waals surface area contributed by atoms with E-state index in [0.29, 0.717) is 19.4 Å². The minimum Gasteiger partial charge on any atom is -0.469 e. The van der Waals surface area contributed by atoms with E-state index in [4.69, 9.17) is 28.8 Å². The van der Waals surface area contributed by atoms with Gasteiger partial charge in [-0.1, -0.05) is 0 Å². The smallest absolute Gasteiger partial charge is 0.306 e. The van der Waals surface area contributed by atoms with Crippen LogP contribution in [0.4, 0.5) is 0 Å². The fraction of sp³-hybridized carbons (Fsp3) is 0.889. The molecule has 9 heteroatoms. The second kappa shape index (κ2) is 12.2. The van der Waals surface area contributed by atoms with Crippen LogP contribution < -0.4 is 0 Å². The average molecular weight is 392 g/mol. The molecule has 0 saturated carbocycles. The van der Waals surface area contributed by atoms with Gasteiger partial charge in [0.15, 0.2) is 5.79 Å². The molecule has 9 nitrogen and oxygen atoms in total. The molecule has 1 aliphatic rings. The first-order chi connectivity index (χ1) is 12.8. The van der Waals surface area contributed by atoms with E-state index in [1.54, 1.807) is 6.92 Å². The number of carbonyl (C=O) groups excluding carboxylic acids is 2. The van der Waals surface area contributed by atoms with Crippen molar-refractivity contribution < 1.29 is 43.1 Å². The van der Waals surface area contributed by atoms with Gasteiger partial charge in [0.1, 0.15) is 18.8 Å². The molecule has 1 aliphatic heterocycles. The molecule has 27 heavy (non-hydrogen) atoms. The Morgan fingerprint density at radius 2 is 1.96 bits per heavy atom. The number of rotatable bonds is 13. The van der Waals surface area contributed by atoms with E-state index in [2.05, 4.69) is 4.74 Å². The van der Waals surface area contributed by atoms with E-state index in [1.807, 2.05) is 6.92 Å². The van der Waals surface area contributed by atoms with Gasteiger partial charge in [0.2, 0.25) is 0 Å². The van der Waals surface area contributed by atoms with Gasteiger partial charge >= 0.3 is 11.9 Å². The Balaban J connectivity index is 2.31. The third-order valence-corrected chi connectivity index (χ3v) is 4.17. The van der Waals surface area contributed by atoms with Crippen molar-refractivity contribution in [2.75, 3.05) is 40.6 Å². The lowest BCUT2D eigenvalue weighted by atomic mass is 10.1. The lowest BCUT2D eigenvalue weighted by Gasteiger charge is -2.23. The van der Waals surface area contributed by atoms with Gasteiger partial charge < -0.3 is 33.5 Å². The Labute approximate surface area is 160 Å². The van der Waals surface area contributed by atoms with Gasteiger partial charge in [-0.05, 0) is 20.3 Å². The van der Waals surface area contributed by atoms with Crippen molar-refractivity contribution in [1.82, 2.24) is 0 Å². The second-order valence-corrected chi connectivity index (χ2v) is 6.69. The SMILES string of the molecule is COCC(COC(=O)CCC1(C)OCC(CO)O1)OC(C)CCC(=O)OC. The number of hydrogen-bond acceptors (Lipinski definition) is 9. The molecule has 4 unspecified atom stereocenters. The highest BCUT2D eigenvalue weighted by atomic mass is 16.7. The molecule has 0 aromatic carbocycles. The maximum Gasteiger partial charge on any atom is 0.306 e. The summed E-state index contributed by atoms with van der Waals surface area (Å²) in [4.78, 5) is 23.2. The summed E-state index contributed by atoms with van der Waals surface area (Å²) in [6.45, 7) is 4.06. The summed E-state index contributed by atoms with van der Waals surface area (Å²) in [5, 5.41) is 9.08. The summed E-state index contributed by atoms with van der Waals surface area (Å²) in [7, 11) is 2.87. The van der Waals surface area contributed by atoms with Crippen molar-refractivity contribution >= 4 is 11.9 Å². The lowest BCUT2D eigenvalue weighted by molar-refractivity contribution is -0.172. The molecule has 0 radical (unpaired) electrons. The number of ether oxygens (including phenoxy) is 6. The molecule has 1 saturated heterocycles. The molecule has 1 N–H and O–H groups in total. The zero-order valence-electron chi connectivity index (χ0n) is 16.6. The van der Waals surface area contributed by atoms with Crippen LogP contribution in [0.1, 0.15) is 39.5 Å². The Morgan fingerprint density at radius 3 is 2.56 bits per heavy atom. The molecule has 158 valence electrons. The summed E-state index contributed by atoms with van der Waals surface area (Å²) in [6, 6.07) is 0. The summed E-state index contributed by atoms with van der Waals surface area (Å²) in [6.07, 6.45) is 0.194. The van der Waals surface area contributed by atoms with Gasteiger partial charge in [-0.25, -0.2) is 0 Å². The molecule has 1 heterocycles. The predicted molar refractivity (Wildman–Crippen MR) is 94.0 cm³/mol. The summed E-state index contributed by atoms with van der Waals surface area (Å²) in [5.41, 5.74) is 0. The molecule has 0 amide bonds. The van der Waals surface area contributed by atoms with E-state index in [1.165, 1.54) is 14.2 Å². The van der Waals surface area contributed by atoms with Crippen LogP contribution in [0.2, 0.25) is 0 Å². The predicted octanol–water partition coefficient (Wildman–Crippen LogP) is 0.807. The number of aliphatic hydroxyl groups is 1. The lowest BCUT2D eigenvalue weighted by Crippen LogP contribution is -2.32. The Bertz CT molecular complexity index is 456. The summed E-state index contributed by atoms with van der Waals surface area (Å²) >= 11 is 0. The van der Waals surface area contributed by atoms with Crippen molar-refractivity contribution in [2.24, 2.45) is 0 Å². The Kier molecular flexibility index (Phi) is 10.8. The minimum atomic E-state index is -0.892. The largest absolute Gasteiger partial charge is 0.469 e. The molecule has 0 aliphatic carbocycles. The first kappa shape index (κ1) is 23.8. The standard InChI is InChI=1S/C18H32O9/c1-13(5-6-16(20)23-4)26-15(10-22-3)11-24-17(21)7-8-18(2)25-12-14(9-19)27-18/h13-15,19H,5-12H2,1-4H3. The normalized spacial score (nSPS) is 24.4. The van der Waals surface area contributed by atoms with Crippen molar-refractivity contribution in [3.8, 4) is 0 Å². The minimum absolute atomic E-state index is 0.0485. The molecule has 0 bridgehead atoms. The quantitative estimate of drug-likeness (QED) is 0.455. The highest BCUT2D eigenvalue weighted by molar-refractivity contribution is 5.69. The van der Waals surface area contributed by atoms with Crippen LogP contribution in [0.25, 0.3) is 0 Å². The monoisotopic (exact) mass is 392 g/mol. The van der Waals surface area contributed by atoms with Crippen LogP contribution in [0, 0.1) is 0 Å². The van der Waals surface area contributed by atoms with E-state index in [-0.39, 0.29) is 50.8 Å². The third-order valence-electron chi connectivity index (χ3n) is 4.17. The number of aliphatic hydroxyl groups excluding tert-OH is 1. The van der Waals surface area contributed by atoms with Crippen LogP contribution >= 0.6 is 0 Å². The molecule has 1 rings (SSSR count). The molecular formula is C18H32O9. The zero-order valence-corrected chi connectivity index (χ0v) is 16.6. The highest BCUT2D eigenvalue weighted by Gasteiger charge is 2.37. The second-order valence-electron chi connectivity index (χ2n) is 6.69. The molecular weight excluding hydrogens is 360 g/mol.